The zero-order chi connectivity index (χ0) is 24.2. The van der Waals surface area contributed by atoms with Gasteiger partial charge in [-0.25, -0.2) is 15.2 Å². The second-order valence-electron chi connectivity index (χ2n) is 8.56. The van der Waals surface area contributed by atoms with Crippen LogP contribution in [0.2, 0.25) is 0 Å². The fraction of sp³-hybridized carbons (Fsp3) is 0.636. The number of aliphatic hydroxyl groups is 2. The van der Waals surface area contributed by atoms with Crippen molar-refractivity contribution in [2.24, 2.45) is 0 Å². The summed E-state index contributed by atoms with van der Waals surface area (Å²) in [6, 6.07) is 0.291. The summed E-state index contributed by atoms with van der Waals surface area (Å²) < 4.78 is 12.7. The Morgan fingerprint density at radius 3 is 2.79 bits per heavy atom. The van der Waals surface area contributed by atoms with Gasteiger partial charge in [0, 0.05) is 25.7 Å². The predicted molar refractivity (Wildman–Crippen MR) is 125 cm³/mol. The zero-order valence-corrected chi connectivity index (χ0v) is 19.8. The molecule has 2 aliphatic rings. The molecule has 186 valence electrons. The van der Waals surface area contributed by atoms with Crippen molar-refractivity contribution in [3.63, 3.8) is 0 Å². The molecule has 0 amide bonds. The molecule has 0 unspecified atom stereocenters. The van der Waals surface area contributed by atoms with E-state index in [0.717, 1.165) is 25.7 Å². The Morgan fingerprint density at radius 1 is 1.38 bits per heavy atom. The molecule has 1 saturated carbocycles. The quantitative estimate of drug-likeness (QED) is 0.236. The number of fused-ring (bicyclic) bond motifs is 1. The lowest BCUT2D eigenvalue weighted by atomic mass is 10.2. The van der Waals surface area contributed by atoms with E-state index in [-0.39, 0.29) is 13.2 Å². The van der Waals surface area contributed by atoms with Gasteiger partial charge < -0.3 is 25.0 Å². The third kappa shape index (κ3) is 4.99. The Morgan fingerprint density at radius 2 is 2.15 bits per heavy atom. The minimum atomic E-state index is -0.784. The number of esters is 1. The number of hydrogen-bond donors (Lipinski definition) is 4. The Balaban J connectivity index is 1.75. The number of carbonyl (C=O) groups excluding carboxylic acids is 1. The number of rotatable bonds is 9. The lowest BCUT2D eigenvalue weighted by Gasteiger charge is -2.21. The van der Waals surface area contributed by atoms with Crippen molar-refractivity contribution >= 4 is 28.9 Å². The normalized spacial score (nSPS) is 23.6. The van der Waals surface area contributed by atoms with Crippen LogP contribution in [0.4, 0.5) is 11.8 Å². The Labute approximate surface area is 198 Å². The Bertz CT molecular complexity index is 1040. The molecular weight excluding hydrogens is 442 g/mol. The minimum Gasteiger partial charge on any atom is -0.463 e. The van der Waals surface area contributed by atoms with E-state index in [1.165, 1.54) is 0 Å². The first-order chi connectivity index (χ1) is 16.4. The van der Waals surface area contributed by atoms with Gasteiger partial charge in [-0.3, -0.25) is 9.58 Å². The topological polar surface area (TPSA) is 147 Å². The lowest BCUT2D eigenvalue weighted by molar-refractivity contribution is -0.138. The van der Waals surface area contributed by atoms with Crippen LogP contribution < -0.4 is 15.8 Å². The van der Waals surface area contributed by atoms with Crippen LogP contribution >= 0.6 is 0 Å². The number of carbonyl (C=O) groups is 1. The van der Waals surface area contributed by atoms with Crippen molar-refractivity contribution in [2.45, 2.75) is 70.4 Å². The molecule has 12 heteroatoms. The van der Waals surface area contributed by atoms with E-state index < -0.39 is 24.4 Å². The monoisotopic (exact) mass is 475 g/mol. The first-order valence-electron chi connectivity index (χ1n) is 11.7. The second-order valence-corrected chi connectivity index (χ2v) is 8.56. The van der Waals surface area contributed by atoms with Gasteiger partial charge in [0.2, 0.25) is 5.95 Å². The number of nitrogens with one attached hydrogen (secondary N) is 2. The number of nitrogens with zero attached hydrogens (tertiary/aromatic N) is 5. The fourth-order valence-electron chi connectivity index (χ4n) is 4.35. The molecule has 0 aromatic carbocycles. The van der Waals surface area contributed by atoms with E-state index in [1.54, 1.807) is 43.0 Å². The smallest absolute Gasteiger partial charge is 0.335 e. The largest absolute Gasteiger partial charge is 0.463 e. The SMILES string of the molecule is CCOC(=O)/C(C)=C/N(NC)c1nc(NC2CCCC2)c2ncn([C@H]3C[C@H](O)[C@@H](CO)O3)c2n1. The average molecular weight is 476 g/mol. The van der Waals surface area contributed by atoms with Gasteiger partial charge in [-0.2, -0.15) is 9.97 Å². The van der Waals surface area contributed by atoms with E-state index in [1.807, 2.05) is 0 Å². The molecule has 0 spiro atoms. The Kier molecular flexibility index (Phi) is 7.61. The third-order valence-corrected chi connectivity index (χ3v) is 6.18. The summed E-state index contributed by atoms with van der Waals surface area (Å²) >= 11 is 0. The summed E-state index contributed by atoms with van der Waals surface area (Å²) in [5.74, 6) is 0.463. The van der Waals surface area contributed by atoms with Crippen LogP contribution in [-0.2, 0) is 14.3 Å². The summed E-state index contributed by atoms with van der Waals surface area (Å²) in [4.78, 5) is 26.1. The number of hydrazine groups is 1. The van der Waals surface area contributed by atoms with Gasteiger partial charge in [-0.15, -0.1) is 0 Å². The molecule has 1 saturated heterocycles. The van der Waals surface area contributed by atoms with Gasteiger partial charge in [0.1, 0.15) is 12.3 Å². The molecule has 1 aliphatic heterocycles. The van der Waals surface area contributed by atoms with Crippen LogP contribution in [-0.4, -0.2) is 74.2 Å². The summed E-state index contributed by atoms with van der Waals surface area (Å²) in [5, 5.41) is 24.7. The van der Waals surface area contributed by atoms with E-state index in [9.17, 15) is 15.0 Å². The highest BCUT2D eigenvalue weighted by Gasteiger charge is 2.35. The first-order valence-corrected chi connectivity index (χ1v) is 11.7. The molecule has 12 nitrogen and oxygen atoms in total. The van der Waals surface area contributed by atoms with Gasteiger partial charge >= 0.3 is 5.97 Å². The summed E-state index contributed by atoms with van der Waals surface area (Å²) in [6.07, 6.45) is 5.95. The molecule has 3 heterocycles. The molecule has 4 rings (SSSR count). The molecule has 1 aliphatic carbocycles. The van der Waals surface area contributed by atoms with Gasteiger partial charge in [0.15, 0.2) is 17.0 Å². The van der Waals surface area contributed by atoms with Gasteiger partial charge in [0.05, 0.1) is 31.2 Å². The zero-order valence-electron chi connectivity index (χ0n) is 19.8. The Hall–Kier alpha value is -2.80. The molecule has 2 aromatic rings. The van der Waals surface area contributed by atoms with E-state index in [0.29, 0.717) is 41.0 Å². The number of imidazole rings is 1. The van der Waals surface area contributed by atoms with Crippen molar-refractivity contribution in [2.75, 3.05) is 30.6 Å². The predicted octanol–water partition coefficient (Wildman–Crippen LogP) is 1.23. The summed E-state index contributed by atoms with van der Waals surface area (Å²) in [5.41, 5.74) is 4.48. The molecule has 34 heavy (non-hydrogen) atoms. The first kappa shape index (κ1) is 24.3. The number of hydrogen-bond acceptors (Lipinski definition) is 11. The van der Waals surface area contributed by atoms with Gasteiger partial charge in [-0.1, -0.05) is 12.8 Å². The maximum absolute atomic E-state index is 12.1. The van der Waals surface area contributed by atoms with Crippen molar-refractivity contribution < 1.29 is 24.5 Å². The summed E-state index contributed by atoms with van der Waals surface area (Å²) in [7, 11) is 1.70. The second kappa shape index (κ2) is 10.6. The maximum atomic E-state index is 12.1. The van der Waals surface area contributed by atoms with Crippen molar-refractivity contribution in [1.29, 1.82) is 0 Å². The molecule has 2 aromatic heterocycles. The molecule has 0 bridgehead atoms. The maximum Gasteiger partial charge on any atom is 0.335 e. The average Bonchev–Trinajstić information content (AvgIpc) is 3.57. The van der Waals surface area contributed by atoms with Crippen LogP contribution in [0.25, 0.3) is 11.2 Å². The summed E-state index contributed by atoms with van der Waals surface area (Å²) in [6.45, 7) is 3.42. The lowest BCUT2D eigenvalue weighted by Crippen LogP contribution is -2.32. The van der Waals surface area contributed by atoms with E-state index >= 15 is 0 Å². The van der Waals surface area contributed by atoms with Crippen LogP contribution in [0.3, 0.4) is 0 Å². The molecule has 0 radical (unpaired) electrons. The van der Waals surface area contributed by atoms with Crippen LogP contribution in [0.5, 0.6) is 0 Å². The number of ether oxygens (including phenoxy) is 2. The standard InChI is InChI=1S/C22H33N7O5/c1-4-33-21(32)13(2)10-29(23-3)22-26-19(25-14-7-5-6-8-14)18-20(27-22)28(12-24-18)17-9-15(31)16(11-30)34-17/h10,12,14-17,23,30-31H,4-9,11H2,1-3H3,(H,25,26,27)/b13-10+/t15-,16+,17+/m0/s1. The highest BCUT2D eigenvalue weighted by molar-refractivity contribution is 5.88. The minimum absolute atomic E-state index is 0.273. The molecular formula is C22H33N7O5. The van der Waals surface area contributed by atoms with Crippen LogP contribution in [0.15, 0.2) is 18.1 Å². The van der Waals surface area contributed by atoms with Crippen LogP contribution in [0.1, 0.15) is 52.2 Å². The third-order valence-electron chi connectivity index (χ3n) is 6.18. The number of aliphatic hydroxyl groups excluding tert-OH is 2. The van der Waals surface area contributed by atoms with Crippen molar-refractivity contribution in [3.05, 3.63) is 18.1 Å². The number of anilines is 2. The van der Waals surface area contributed by atoms with Crippen molar-refractivity contribution in [3.8, 4) is 0 Å². The molecule has 4 N–H and O–H groups in total. The van der Waals surface area contributed by atoms with Crippen molar-refractivity contribution in [1.82, 2.24) is 24.9 Å². The van der Waals surface area contributed by atoms with Gasteiger partial charge in [0.25, 0.3) is 0 Å². The van der Waals surface area contributed by atoms with Gasteiger partial charge in [-0.05, 0) is 26.7 Å². The van der Waals surface area contributed by atoms with E-state index in [2.05, 4.69) is 15.7 Å². The van der Waals surface area contributed by atoms with E-state index in [4.69, 9.17) is 19.4 Å². The number of aromatic nitrogens is 4. The molecule has 2 fully saturated rings. The van der Waals surface area contributed by atoms with Crippen LogP contribution in [0, 0.1) is 0 Å². The molecule has 3 atom stereocenters. The highest BCUT2D eigenvalue weighted by atomic mass is 16.5. The fourth-order valence-corrected chi connectivity index (χ4v) is 4.35. The highest BCUT2D eigenvalue weighted by Crippen LogP contribution is 2.33.